The summed E-state index contributed by atoms with van der Waals surface area (Å²) >= 11 is 0. The van der Waals surface area contributed by atoms with Crippen LogP contribution in [0.2, 0.25) is 0 Å². The molecule has 1 aliphatic heterocycles. The van der Waals surface area contributed by atoms with Crippen molar-refractivity contribution in [3.8, 4) is 17.5 Å². The molecule has 0 radical (unpaired) electrons. The average molecular weight is 325 g/mol. The van der Waals surface area contributed by atoms with Crippen molar-refractivity contribution >= 4 is 5.91 Å². The summed E-state index contributed by atoms with van der Waals surface area (Å²) in [6, 6.07) is 8.80. The van der Waals surface area contributed by atoms with Crippen molar-refractivity contribution < 1.29 is 9.32 Å². The van der Waals surface area contributed by atoms with E-state index in [1.54, 1.807) is 24.3 Å². The first-order chi connectivity index (χ1) is 11.8. The Labute approximate surface area is 140 Å². The minimum atomic E-state index is -0.326. The zero-order valence-corrected chi connectivity index (χ0v) is 13.3. The van der Waals surface area contributed by atoms with Gasteiger partial charge in [-0.2, -0.15) is 10.2 Å². The van der Waals surface area contributed by atoms with E-state index in [1.165, 1.54) is 0 Å². The van der Waals surface area contributed by atoms with Crippen LogP contribution < -0.4 is 10.6 Å². The van der Waals surface area contributed by atoms with Crippen LogP contribution in [0.3, 0.4) is 0 Å². The molecule has 0 unspecified atom stereocenters. The van der Waals surface area contributed by atoms with Crippen LogP contribution in [0.5, 0.6) is 0 Å². The lowest BCUT2D eigenvalue weighted by atomic mass is 9.95. The van der Waals surface area contributed by atoms with Crippen LogP contribution in [0.1, 0.15) is 35.4 Å². The highest BCUT2D eigenvalue weighted by Gasteiger charge is 2.17. The van der Waals surface area contributed by atoms with Gasteiger partial charge in [-0.15, -0.1) is 0 Å². The zero-order chi connectivity index (χ0) is 16.8. The number of piperidine rings is 1. The number of carbonyl (C=O) groups excluding carboxylic acids is 1. The van der Waals surface area contributed by atoms with Crippen LogP contribution in [0.4, 0.5) is 0 Å². The largest absolute Gasteiger partial charge is 0.349 e. The number of hydrogen-bond donors (Lipinski definition) is 2. The summed E-state index contributed by atoms with van der Waals surface area (Å²) in [6.45, 7) is 2.72. The minimum absolute atomic E-state index is 0.0275. The van der Waals surface area contributed by atoms with E-state index in [9.17, 15) is 4.79 Å². The van der Waals surface area contributed by atoms with E-state index in [-0.39, 0.29) is 17.6 Å². The van der Waals surface area contributed by atoms with E-state index in [0.717, 1.165) is 32.4 Å². The van der Waals surface area contributed by atoms with Gasteiger partial charge in [-0.1, -0.05) is 5.16 Å². The van der Waals surface area contributed by atoms with Crippen molar-refractivity contribution in [3.63, 3.8) is 0 Å². The number of carbonyl (C=O) groups is 1. The lowest BCUT2D eigenvalue weighted by Gasteiger charge is -2.22. The standard InChI is InChI=1S/C17H19N5O2/c18-11-13-1-3-14(4-2-13)17-21-15(22-24-17)16(23)20-10-7-12-5-8-19-9-6-12/h1-4,12,19H,5-10H2,(H,20,23). The van der Waals surface area contributed by atoms with E-state index in [4.69, 9.17) is 9.78 Å². The van der Waals surface area contributed by atoms with E-state index in [0.29, 0.717) is 23.6 Å². The number of hydrogen-bond acceptors (Lipinski definition) is 6. The molecule has 0 spiro atoms. The second-order valence-corrected chi connectivity index (χ2v) is 5.85. The first-order valence-electron chi connectivity index (χ1n) is 8.09. The maximum atomic E-state index is 12.1. The van der Waals surface area contributed by atoms with Gasteiger partial charge in [-0.3, -0.25) is 4.79 Å². The third kappa shape index (κ3) is 3.97. The van der Waals surface area contributed by atoms with Gasteiger partial charge in [-0.25, -0.2) is 0 Å². The monoisotopic (exact) mass is 325 g/mol. The Morgan fingerprint density at radius 1 is 1.33 bits per heavy atom. The second kappa shape index (κ2) is 7.70. The second-order valence-electron chi connectivity index (χ2n) is 5.85. The fourth-order valence-corrected chi connectivity index (χ4v) is 2.76. The molecule has 124 valence electrons. The maximum Gasteiger partial charge on any atom is 0.292 e. The number of aromatic nitrogens is 2. The Morgan fingerprint density at radius 3 is 2.79 bits per heavy atom. The first kappa shape index (κ1) is 16.1. The molecule has 24 heavy (non-hydrogen) atoms. The fourth-order valence-electron chi connectivity index (χ4n) is 2.76. The van der Waals surface area contributed by atoms with Crippen molar-refractivity contribution in [1.82, 2.24) is 20.8 Å². The summed E-state index contributed by atoms with van der Waals surface area (Å²) in [6.07, 6.45) is 3.27. The van der Waals surface area contributed by atoms with Crippen LogP contribution in [0.15, 0.2) is 28.8 Å². The number of nitrogens with zero attached hydrogens (tertiary/aromatic N) is 3. The van der Waals surface area contributed by atoms with Gasteiger partial charge in [0.15, 0.2) is 0 Å². The molecule has 0 saturated carbocycles. The maximum absolute atomic E-state index is 12.1. The topological polar surface area (TPSA) is 104 Å². The summed E-state index contributed by atoms with van der Waals surface area (Å²) in [5, 5.41) is 18.7. The number of benzene rings is 1. The molecule has 1 amide bonds. The highest BCUT2D eigenvalue weighted by atomic mass is 16.5. The van der Waals surface area contributed by atoms with Gasteiger partial charge in [0.25, 0.3) is 17.6 Å². The molecule has 0 aliphatic carbocycles. The normalized spacial score (nSPS) is 15.0. The van der Waals surface area contributed by atoms with Gasteiger partial charge in [0.05, 0.1) is 11.6 Å². The Balaban J connectivity index is 1.54. The highest BCUT2D eigenvalue weighted by Crippen LogP contribution is 2.18. The van der Waals surface area contributed by atoms with Crippen molar-refractivity contribution in [3.05, 3.63) is 35.7 Å². The van der Waals surface area contributed by atoms with Crippen LogP contribution in [-0.4, -0.2) is 35.7 Å². The molecule has 7 nitrogen and oxygen atoms in total. The van der Waals surface area contributed by atoms with Crippen LogP contribution in [0.25, 0.3) is 11.5 Å². The molecule has 1 saturated heterocycles. The smallest absolute Gasteiger partial charge is 0.292 e. The SMILES string of the molecule is N#Cc1ccc(-c2nc(C(=O)NCCC3CCNCC3)no2)cc1. The molecule has 2 heterocycles. The third-order valence-electron chi connectivity index (χ3n) is 4.19. The lowest BCUT2D eigenvalue weighted by Crippen LogP contribution is -2.31. The van der Waals surface area contributed by atoms with Crippen LogP contribution in [-0.2, 0) is 0 Å². The van der Waals surface area contributed by atoms with E-state index in [1.807, 2.05) is 6.07 Å². The Hall–Kier alpha value is -2.72. The summed E-state index contributed by atoms with van der Waals surface area (Å²) < 4.78 is 5.13. The predicted molar refractivity (Wildman–Crippen MR) is 87.0 cm³/mol. The molecular weight excluding hydrogens is 306 g/mol. The summed E-state index contributed by atoms with van der Waals surface area (Å²) in [5.74, 6) is 0.626. The lowest BCUT2D eigenvalue weighted by molar-refractivity contribution is 0.0937. The molecule has 0 atom stereocenters. The number of amides is 1. The summed E-state index contributed by atoms with van der Waals surface area (Å²) in [5.41, 5.74) is 1.23. The average Bonchev–Trinajstić information content (AvgIpc) is 3.13. The Bertz CT molecular complexity index is 726. The van der Waals surface area contributed by atoms with Gasteiger partial charge in [0.1, 0.15) is 0 Å². The highest BCUT2D eigenvalue weighted by molar-refractivity contribution is 5.90. The Morgan fingerprint density at radius 2 is 2.08 bits per heavy atom. The molecule has 0 bridgehead atoms. The molecule has 1 aromatic carbocycles. The molecular formula is C17H19N5O2. The van der Waals surface area contributed by atoms with Crippen molar-refractivity contribution in [2.24, 2.45) is 5.92 Å². The first-order valence-corrected chi connectivity index (χ1v) is 8.09. The molecule has 7 heteroatoms. The van der Waals surface area contributed by atoms with Crippen molar-refractivity contribution in [1.29, 1.82) is 5.26 Å². The van der Waals surface area contributed by atoms with Gasteiger partial charge in [-0.05, 0) is 62.5 Å². The summed E-state index contributed by atoms with van der Waals surface area (Å²) in [7, 11) is 0. The van der Waals surface area contributed by atoms with Gasteiger partial charge >= 0.3 is 0 Å². The molecule has 3 rings (SSSR count). The summed E-state index contributed by atoms with van der Waals surface area (Å²) in [4.78, 5) is 16.2. The predicted octanol–water partition coefficient (Wildman–Crippen LogP) is 1.73. The fraction of sp³-hybridized carbons (Fsp3) is 0.412. The van der Waals surface area contributed by atoms with E-state index in [2.05, 4.69) is 20.8 Å². The van der Waals surface area contributed by atoms with Gasteiger partial charge in [0, 0.05) is 12.1 Å². The zero-order valence-electron chi connectivity index (χ0n) is 13.3. The van der Waals surface area contributed by atoms with Gasteiger partial charge in [0.2, 0.25) is 0 Å². The van der Waals surface area contributed by atoms with Crippen LogP contribution >= 0.6 is 0 Å². The number of nitrogens with one attached hydrogen (secondary N) is 2. The van der Waals surface area contributed by atoms with Crippen molar-refractivity contribution in [2.45, 2.75) is 19.3 Å². The number of nitriles is 1. The molecule has 2 aromatic rings. The molecule has 1 aromatic heterocycles. The number of rotatable bonds is 5. The van der Waals surface area contributed by atoms with E-state index < -0.39 is 0 Å². The molecule has 1 fully saturated rings. The quantitative estimate of drug-likeness (QED) is 0.867. The molecule has 1 aliphatic rings. The third-order valence-corrected chi connectivity index (χ3v) is 4.19. The van der Waals surface area contributed by atoms with E-state index >= 15 is 0 Å². The minimum Gasteiger partial charge on any atom is -0.349 e. The molecule has 2 N–H and O–H groups in total. The van der Waals surface area contributed by atoms with Gasteiger partial charge < -0.3 is 15.2 Å². The Kier molecular flexibility index (Phi) is 5.18. The van der Waals surface area contributed by atoms with Crippen molar-refractivity contribution in [2.75, 3.05) is 19.6 Å². The van der Waals surface area contributed by atoms with Crippen LogP contribution in [0, 0.1) is 17.2 Å².